The zero-order valence-electron chi connectivity index (χ0n) is 10.4. The van der Waals surface area contributed by atoms with E-state index in [0.29, 0.717) is 5.56 Å². The molecule has 2 rings (SSSR count). The third-order valence-corrected chi connectivity index (χ3v) is 2.76. The van der Waals surface area contributed by atoms with Gasteiger partial charge in [-0.1, -0.05) is 35.9 Å². The van der Waals surface area contributed by atoms with Crippen LogP contribution >= 0.6 is 0 Å². The fourth-order valence-electron chi connectivity index (χ4n) is 1.63. The summed E-state index contributed by atoms with van der Waals surface area (Å²) in [6.07, 6.45) is 2.14. The van der Waals surface area contributed by atoms with Gasteiger partial charge in [0.2, 0.25) is 5.82 Å². The molecule has 0 spiro atoms. The number of rotatable bonds is 2. The van der Waals surface area contributed by atoms with E-state index in [4.69, 9.17) is 0 Å². The summed E-state index contributed by atoms with van der Waals surface area (Å²) in [4.78, 5) is 0. The van der Waals surface area contributed by atoms with Crippen molar-refractivity contribution in [2.24, 2.45) is 0 Å². The van der Waals surface area contributed by atoms with Gasteiger partial charge in [-0.2, -0.15) is 0 Å². The first-order valence-corrected chi connectivity index (χ1v) is 5.68. The van der Waals surface area contributed by atoms with E-state index in [1.165, 1.54) is 6.08 Å². The monoisotopic (exact) mass is 284 g/mol. The highest BCUT2D eigenvalue weighted by molar-refractivity contribution is 5.70. The van der Waals surface area contributed by atoms with Crippen LogP contribution in [0.1, 0.15) is 16.7 Å². The van der Waals surface area contributed by atoms with E-state index in [1.807, 2.05) is 6.92 Å². The lowest BCUT2D eigenvalue weighted by Crippen LogP contribution is -2.03. The van der Waals surface area contributed by atoms with Crippen molar-refractivity contribution in [3.63, 3.8) is 0 Å². The predicted molar refractivity (Wildman–Crippen MR) is 66.3 cm³/mol. The molecule has 0 bridgehead atoms. The summed E-state index contributed by atoms with van der Waals surface area (Å²) >= 11 is 0. The van der Waals surface area contributed by atoms with Crippen molar-refractivity contribution in [2.45, 2.75) is 6.92 Å². The quantitative estimate of drug-likeness (QED) is 0.320. The summed E-state index contributed by atoms with van der Waals surface area (Å²) < 4.78 is 65.6. The standard InChI is InChI=1S/C15H9F5/c1-8-2-4-9(5-3-8)6-7-10-11(16)13(18)15(20)14(19)12(10)17/h2-7H,1H3. The number of hydrogen-bond donors (Lipinski definition) is 0. The van der Waals surface area contributed by atoms with Gasteiger partial charge >= 0.3 is 0 Å². The van der Waals surface area contributed by atoms with Crippen molar-refractivity contribution in [1.82, 2.24) is 0 Å². The molecule has 0 N–H and O–H groups in total. The molecule has 5 heteroatoms. The minimum atomic E-state index is -2.16. The summed E-state index contributed by atoms with van der Waals surface area (Å²) in [5, 5.41) is 0. The van der Waals surface area contributed by atoms with Crippen molar-refractivity contribution >= 4 is 12.2 Å². The highest BCUT2D eigenvalue weighted by Gasteiger charge is 2.24. The van der Waals surface area contributed by atoms with E-state index in [1.54, 1.807) is 24.3 Å². The minimum absolute atomic E-state index is 0.583. The van der Waals surface area contributed by atoms with Crippen LogP contribution in [-0.2, 0) is 0 Å². The van der Waals surface area contributed by atoms with Gasteiger partial charge in [-0.3, -0.25) is 0 Å². The number of halogens is 5. The molecule has 0 saturated heterocycles. The fourth-order valence-corrected chi connectivity index (χ4v) is 1.63. The van der Waals surface area contributed by atoms with Crippen LogP contribution < -0.4 is 0 Å². The largest absolute Gasteiger partial charge is 0.203 e. The molecule has 0 aliphatic carbocycles. The molecule has 2 aromatic carbocycles. The van der Waals surface area contributed by atoms with Gasteiger partial charge in [-0.15, -0.1) is 0 Å². The molecule has 0 heterocycles. The van der Waals surface area contributed by atoms with Crippen molar-refractivity contribution < 1.29 is 22.0 Å². The average Bonchev–Trinajstić information content (AvgIpc) is 2.45. The number of aryl methyl sites for hydroxylation is 1. The van der Waals surface area contributed by atoms with E-state index < -0.39 is 34.6 Å². The maximum absolute atomic E-state index is 13.4. The molecule has 0 atom stereocenters. The maximum atomic E-state index is 13.4. The molecule has 0 saturated carbocycles. The molecule has 0 fully saturated rings. The third kappa shape index (κ3) is 2.57. The first-order valence-electron chi connectivity index (χ1n) is 5.68. The second-order valence-corrected chi connectivity index (χ2v) is 4.23. The summed E-state index contributed by atoms with van der Waals surface area (Å²) in [5.41, 5.74) is 0.611. The Hall–Kier alpha value is -2.17. The first-order chi connectivity index (χ1) is 9.41. The van der Waals surface area contributed by atoms with Gasteiger partial charge in [0.15, 0.2) is 23.3 Å². The molecule has 0 unspecified atom stereocenters. The SMILES string of the molecule is Cc1ccc(C=Cc2c(F)c(F)c(F)c(F)c2F)cc1. The Bertz CT molecular complexity index is 643. The van der Waals surface area contributed by atoms with E-state index in [9.17, 15) is 22.0 Å². The van der Waals surface area contributed by atoms with Crippen LogP contribution in [0.5, 0.6) is 0 Å². The maximum Gasteiger partial charge on any atom is 0.200 e. The smallest absolute Gasteiger partial charge is 0.200 e. The Labute approximate surface area is 112 Å². The lowest BCUT2D eigenvalue weighted by atomic mass is 10.1. The van der Waals surface area contributed by atoms with Gasteiger partial charge in [0.1, 0.15) is 0 Å². The normalized spacial score (nSPS) is 11.3. The molecule has 104 valence electrons. The lowest BCUT2D eigenvalue weighted by molar-refractivity contribution is 0.377. The molecule has 0 radical (unpaired) electrons. The summed E-state index contributed by atoms with van der Waals surface area (Å²) in [6, 6.07) is 6.85. The van der Waals surface area contributed by atoms with Gasteiger partial charge in [0, 0.05) is 0 Å². The molecule has 20 heavy (non-hydrogen) atoms. The van der Waals surface area contributed by atoms with E-state index in [0.717, 1.165) is 11.6 Å². The molecule has 0 nitrogen and oxygen atoms in total. The molecule has 0 amide bonds. The Balaban J connectivity index is 2.46. The highest BCUT2D eigenvalue weighted by Crippen LogP contribution is 2.24. The summed E-state index contributed by atoms with van der Waals surface area (Å²) in [7, 11) is 0. The first kappa shape index (κ1) is 14.2. The summed E-state index contributed by atoms with van der Waals surface area (Å²) in [6.45, 7) is 1.86. The van der Waals surface area contributed by atoms with Crippen LogP contribution in [0.4, 0.5) is 22.0 Å². The average molecular weight is 284 g/mol. The van der Waals surface area contributed by atoms with Crippen molar-refractivity contribution in [3.05, 3.63) is 70.0 Å². The molecule has 0 aromatic heterocycles. The van der Waals surface area contributed by atoms with Crippen molar-refractivity contribution in [3.8, 4) is 0 Å². The van der Waals surface area contributed by atoms with Crippen LogP contribution in [0.3, 0.4) is 0 Å². The fraction of sp³-hybridized carbons (Fsp3) is 0.0667. The number of benzene rings is 2. The van der Waals surface area contributed by atoms with Gasteiger partial charge in [0.05, 0.1) is 5.56 Å². The molecule has 2 aromatic rings. The van der Waals surface area contributed by atoms with Gasteiger partial charge in [-0.05, 0) is 18.6 Å². The molecule has 0 aliphatic heterocycles. The second kappa shape index (κ2) is 5.45. The van der Waals surface area contributed by atoms with Crippen molar-refractivity contribution in [1.29, 1.82) is 0 Å². The predicted octanol–water partition coefficient (Wildman–Crippen LogP) is 4.86. The van der Waals surface area contributed by atoms with Gasteiger partial charge < -0.3 is 0 Å². The van der Waals surface area contributed by atoms with Gasteiger partial charge in [-0.25, -0.2) is 22.0 Å². The summed E-state index contributed by atoms with van der Waals surface area (Å²) in [5.74, 6) is -9.75. The van der Waals surface area contributed by atoms with Crippen LogP contribution in [0.15, 0.2) is 24.3 Å². The van der Waals surface area contributed by atoms with Crippen LogP contribution in [0, 0.1) is 36.0 Å². The molecular formula is C15H9F5. The second-order valence-electron chi connectivity index (χ2n) is 4.23. The topological polar surface area (TPSA) is 0 Å². The molecular weight excluding hydrogens is 275 g/mol. The van der Waals surface area contributed by atoms with Crippen LogP contribution in [0.2, 0.25) is 0 Å². The zero-order chi connectivity index (χ0) is 14.9. The van der Waals surface area contributed by atoms with E-state index in [-0.39, 0.29) is 0 Å². The Morgan fingerprint density at radius 2 is 1.10 bits per heavy atom. The highest BCUT2D eigenvalue weighted by atomic mass is 19.2. The van der Waals surface area contributed by atoms with Crippen LogP contribution in [0.25, 0.3) is 12.2 Å². The van der Waals surface area contributed by atoms with Gasteiger partial charge in [0.25, 0.3) is 0 Å². The zero-order valence-corrected chi connectivity index (χ0v) is 10.4. The third-order valence-electron chi connectivity index (χ3n) is 2.76. The Morgan fingerprint density at radius 1 is 0.650 bits per heavy atom. The molecule has 0 aliphatic rings. The lowest BCUT2D eigenvalue weighted by Gasteiger charge is -2.04. The van der Waals surface area contributed by atoms with Crippen molar-refractivity contribution in [2.75, 3.05) is 0 Å². The number of hydrogen-bond acceptors (Lipinski definition) is 0. The Kier molecular flexibility index (Phi) is 3.88. The minimum Gasteiger partial charge on any atom is -0.203 e. The van der Waals surface area contributed by atoms with E-state index >= 15 is 0 Å². The Morgan fingerprint density at radius 3 is 1.60 bits per heavy atom. The van der Waals surface area contributed by atoms with E-state index in [2.05, 4.69) is 0 Å². The van der Waals surface area contributed by atoms with Crippen LogP contribution in [-0.4, -0.2) is 0 Å².